The first kappa shape index (κ1) is 15.3. The van der Waals surface area contributed by atoms with E-state index in [2.05, 4.69) is 9.73 Å². The SMILES string of the molecule is CN1CCN(NS(=O)(=O)c2ccc(F)c(CO)c2)CC1. The predicted molar refractivity (Wildman–Crippen MR) is 71.7 cm³/mol. The van der Waals surface area contributed by atoms with Gasteiger partial charge in [-0.3, -0.25) is 0 Å². The minimum absolute atomic E-state index is 0.0359. The third-order valence-corrected chi connectivity index (χ3v) is 4.62. The van der Waals surface area contributed by atoms with E-state index in [1.165, 1.54) is 6.07 Å². The van der Waals surface area contributed by atoms with Gasteiger partial charge in [-0.15, -0.1) is 4.83 Å². The average molecular weight is 303 g/mol. The summed E-state index contributed by atoms with van der Waals surface area (Å²) in [6, 6.07) is 3.38. The van der Waals surface area contributed by atoms with Crippen molar-refractivity contribution in [1.82, 2.24) is 14.7 Å². The molecule has 0 unspecified atom stereocenters. The van der Waals surface area contributed by atoms with Crippen molar-refractivity contribution in [3.63, 3.8) is 0 Å². The number of nitrogens with zero attached hydrogens (tertiary/aromatic N) is 2. The Balaban J connectivity index is 2.14. The Morgan fingerprint density at radius 3 is 2.55 bits per heavy atom. The zero-order chi connectivity index (χ0) is 14.8. The third kappa shape index (κ3) is 3.53. The Morgan fingerprint density at radius 1 is 1.30 bits per heavy atom. The summed E-state index contributed by atoms with van der Waals surface area (Å²) >= 11 is 0. The van der Waals surface area contributed by atoms with Crippen LogP contribution < -0.4 is 4.83 Å². The van der Waals surface area contributed by atoms with Crippen LogP contribution in [0.2, 0.25) is 0 Å². The fourth-order valence-electron chi connectivity index (χ4n) is 1.96. The lowest BCUT2D eigenvalue weighted by molar-refractivity contribution is 0.135. The van der Waals surface area contributed by atoms with E-state index in [0.717, 1.165) is 25.2 Å². The first-order valence-corrected chi connectivity index (χ1v) is 7.76. The molecular formula is C12H18FN3O3S. The summed E-state index contributed by atoms with van der Waals surface area (Å²) in [6.07, 6.45) is 0. The minimum atomic E-state index is -3.75. The monoisotopic (exact) mass is 303 g/mol. The van der Waals surface area contributed by atoms with E-state index in [0.29, 0.717) is 13.1 Å². The molecule has 0 amide bonds. The molecule has 0 spiro atoms. The quantitative estimate of drug-likeness (QED) is 0.803. The molecule has 1 aliphatic heterocycles. The highest BCUT2D eigenvalue weighted by atomic mass is 32.2. The number of rotatable bonds is 4. The molecule has 1 aliphatic rings. The van der Waals surface area contributed by atoms with Crippen LogP contribution in [-0.2, 0) is 16.6 Å². The molecule has 8 heteroatoms. The fourth-order valence-corrected chi connectivity index (χ4v) is 3.13. The van der Waals surface area contributed by atoms with E-state index in [-0.39, 0.29) is 10.5 Å². The maximum atomic E-state index is 13.3. The van der Waals surface area contributed by atoms with Gasteiger partial charge in [-0.25, -0.2) is 17.8 Å². The van der Waals surface area contributed by atoms with Gasteiger partial charge in [0.25, 0.3) is 10.0 Å². The Labute approximate surface area is 117 Å². The summed E-state index contributed by atoms with van der Waals surface area (Å²) in [4.78, 5) is 4.53. The van der Waals surface area contributed by atoms with Gasteiger partial charge in [0.1, 0.15) is 5.82 Å². The molecule has 1 saturated heterocycles. The third-order valence-electron chi connectivity index (χ3n) is 3.25. The Hall–Kier alpha value is -1.06. The summed E-state index contributed by atoms with van der Waals surface area (Å²) in [5.41, 5.74) is -0.0359. The van der Waals surface area contributed by atoms with E-state index in [9.17, 15) is 12.8 Å². The summed E-state index contributed by atoms with van der Waals surface area (Å²) < 4.78 is 37.7. The maximum Gasteiger partial charge on any atom is 0.253 e. The number of aliphatic hydroxyl groups excluding tert-OH is 1. The molecule has 1 aromatic rings. The molecule has 0 saturated carbocycles. The van der Waals surface area contributed by atoms with Gasteiger partial charge in [-0.1, -0.05) is 0 Å². The smallest absolute Gasteiger partial charge is 0.253 e. The van der Waals surface area contributed by atoms with Crippen LogP contribution in [0.25, 0.3) is 0 Å². The molecule has 1 aromatic carbocycles. The van der Waals surface area contributed by atoms with Gasteiger partial charge in [0.2, 0.25) is 0 Å². The standard InChI is InChI=1S/C12H18FN3O3S/c1-15-4-6-16(7-5-15)14-20(18,19)11-2-3-12(13)10(8-11)9-17/h2-3,8,14,17H,4-7,9H2,1H3. The second-order valence-electron chi connectivity index (χ2n) is 4.80. The van der Waals surface area contributed by atoms with Crippen molar-refractivity contribution in [2.75, 3.05) is 33.2 Å². The number of likely N-dealkylation sites (N-methyl/N-ethyl adjacent to an activating group) is 1. The summed E-state index contributed by atoms with van der Waals surface area (Å²) in [5.74, 6) is -0.619. The van der Waals surface area contributed by atoms with Crippen LogP contribution in [0.5, 0.6) is 0 Å². The molecule has 1 fully saturated rings. The van der Waals surface area contributed by atoms with Crippen LogP contribution >= 0.6 is 0 Å². The van der Waals surface area contributed by atoms with Crippen LogP contribution in [0.1, 0.15) is 5.56 Å². The second-order valence-corrected chi connectivity index (χ2v) is 6.46. The number of benzene rings is 1. The predicted octanol–water partition coefficient (Wildman–Crippen LogP) is -0.241. The zero-order valence-corrected chi connectivity index (χ0v) is 12.0. The molecule has 20 heavy (non-hydrogen) atoms. The second kappa shape index (κ2) is 6.15. The van der Waals surface area contributed by atoms with E-state index in [1.807, 2.05) is 7.05 Å². The van der Waals surface area contributed by atoms with Crippen LogP contribution in [-0.4, -0.2) is 56.7 Å². The average Bonchev–Trinajstić information content (AvgIpc) is 2.41. The molecule has 0 radical (unpaired) electrons. The Bertz CT molecular complexity index is 571. The topological polar surface area (TPSA) is 72.9 Å². The van der Waals surface area contributed by atoms with Gasteiger partial charge in [-0.2, -0.15) is 0 Å². The molecule has 112 valence electrons. The lowest BCUT2D eigenvalue weighted by atomic mass is 10.2. The highest BCUT2D eigenvalue weighted by molar-refractivity contribution is 7.89. The summed E-state index contributed by atoms with van der Waals surface area (Å²) in [6.45, 7) is 2.18. The molecule has 0 aromatic heterocycles. The number of halogens is 1. The normalized spacial score (nSPS) is 18.4. The van der Waals surface area contributed by atoms with Crippen molar-refractivity contribution in [2.24, 2.45) is 0 Å². The van der Waals surface area contributed by atoms with Gasteiger partial charge in [0.15, 0.2) is 0 Å². The lowest BCUT2D eigenvalue weighted by Crippen LogP contribution is -2.52. The number of hydrogen-bond donors (Lipinski definition) is 2. The Kier molecular flexibility index (Phi) is 4.71. The fraction of sp³-hybridized carbons (Fsp3) is 0.500. The molecule has 2 N–H and O–H groups in total. The molecular weight excluding hydrogens is 285 g/mol. The van der Waals surface area contributed by atoms with E-state index in [4.69, 9.17) is 5.11 Å². The number of piperazine rings is 1. The molecule has 0 aliphatic carbocycles. The molecule has 1 heterocycles. The zero-order valence-electron chi connectivity index (χ0n) is 11.2. The molecule has 6 nitrogen and oxygen atoms in total. The minimum Gasteiger partial charge on any atom is -0.392 e. The number of sulfonamides is 1. The number of nitrogens with one attached hydrogen (secondary N) is 1. The van der Waals surface area contributed by atoms with Crippen molar-refractivity contribution >= 4 is 10.0 Å². The number of hydrogen-bond acceptors (Lipinski definition) is 5. The van der Waals surface area contributed by atoms with Crippen LogP contribution in [0.15, 0.2) is 23.1 Å². The van der Waals surface area contributed by atoms with Gasteiger partial charge in [0.05, 0.1) is 11.5 Å². The molecule has 0 atom stereocenters. The van der Waals surface area contributed by atoms with Crippen LogP contribution in [0, 0.1) is 5.82 Å². The van der Waals surface area contributed by atoms with Crippen LogP contribution in [0.3, 0.4) is 0 Å². The van der Waals surface area contributed by atoms with E-state index >= 15 is 0 Å². The van der Waals surface area contributed by atoms with Crippen molar-refractivity contribution in [1.29, 1.82) is 0 Å². The van der Waals surface area contributed by atoms with Crippen molar-refractivity contribution in [2.45, 2.75) is 11.5 Å². The Morgan fingerprint density at radius 2 is 1.95 bits per heavy atom. The van der Waals surface area contributed by atoms with Crippen molar-refractivity contribution in [3.8, 4) is 0 Å². The van der Waals surface area contributed by atoms with Crippen molar-refractivity contribution < 1.29 is 17.9 Å². The van der Waals surface area contributed by atoms with Gasteiger partial charge in [-0.05, 0) is 25.2 Å². The summed E-state index contributed by atoms with van der Waals surface area (Å²) in [7, 11) is -1.78. The highest BCUT2D eigenvalue weighted by Crippen LogP contribution is 2.15. The molecule has 2 rings (SSSR count). The maximum absolute atomic E-state index is 13.3. The first-order chi connectivity index (χ1) is 9.42. The van der Waals surface area contributed by atoms with Crippen LogP contribution in [0.4, 0.5) is 4.39 Å². The first-order valence-electron chi connectivity index (χ1n) is 6.27. The highest BCUT2D eigenvalue weighted by Gasteiger charge is 2.22. The number of hydrazine groups is 1. The molecule has 0 bridgehead atoms. The lowest BCUT2D eigenvalue weighted by Gasteiger charge is -2.32. The van der Waals surface area contributed by atoms with E-state index in [1.54, 1.807) is 5.01 Å². The number of aliphatic hydroxyl groups is 1. The van der Waals surface area contributed by atoms with Gasteiger partial charge < -0.3 is 10.0 Å². The van der Waals surface area contributed by atoms with Gasteiger partial charge in [0, 0.05) is 31.7 Å². The summed E-state index contributed by atoms with van der Waals surface area (Å²) in [5, 5.41) is 10.6. The van der Waals surface area contributed by atoms with E-state index < -0.39 is 22.4 Å². The van der Waals surface area contributed by atoms with Crippen molar-refractivity contribution in [3.05, 3.63) is 29.6 Å². The van der Waals surface area contributed by atoms with Gasteiger partial charge >= 0.3 is 0 Å². The largest absolute Gasteiger partial charge is 0.392 e.